The molecular weight excluding hydrogens is 202 g/mol. The number of fused-ring (bicyclic) bond motifs is 4. The average Bonchev–Trinajstić information content (AvgIpc) is 2.89. The van der Waals surface area contributed by atoms with Crippen molar-refractivity contribution in [1.82, 2.24) is 0 Å². The van der Waals surface area contributed by atoms with Crippen molar-refractivity contribution in [1.29, 1.82) is 0 Å². The lowest BCUT2D eigenvalue weighted by molar-refractivity contribution is -0.0774. The molecule has 1 aliphatic heterocycles. The molecule has 1 heterocycles. The van der Waals surface area contributed by atoms with E-state index in [9.17, 15) is 0 Å². The fourth-order valence-corrected chi connectivity index (χ4v) is 5.10. The Balaban J connectivity index is 1.62. The third kappa shape index (κ3) is 1.05. The number of hydrogen-bond acceptors (Lipinski definition) is 3. The van der Waals surface area contributed by atoms with Gasteiger partial charge in [0.25, 0.3) is 0 Å². The highest BCUT2D eigenvalue weighted by Crippen LogP contribution is 2.63. The molecule has 7 atom stereocenters. The van der Waals surface area contributed by atoms with Crippen LogP contribution in [0, 0.1) is 17.3 Å². The first kappa shape index (κ1) is 9.86. The molecule has 0 radical (unpaired) electrons. The first-order valence-corrected chi connectivity index (χ1v) is 6.75. The highest BCUT2D eigenvalue weighted by Gasteiger charge is 2.63. The molecule has 1 spiro atoms. The predicted octanol–water partition coefficient (Wildman–Crippen LogP) is 1.65. The zero-order valence-electron chi connectivity index (χ0n) is 9.89. The van der Waals surface area contributed by atoms with Gasteiger partial charge in [0.05, 0.1) is 12.2 Å². The van der Waals surface area contributed by atoms with Crippen molar-refractivity contribution >= 4 is 0 Å². The van der Waals surface area contributed by atoms with E-state index in [4.69, 9.17) is 15.2 Å². The van der Waals surface area contributed by atoms with Crippen LogP contribution in [0.15, 0.2) is 0 Å². The number of hydrogen-bond donors (Lipinski definition) is 1. The smallest absolute Gasteiger partial charge is 0.155 e. The van der Waals surface area contributed by atoms with Crippen LogP contribution in [0.1, 0.15) is 39.0 Å². The van der Waals surface area contributed by atoms with Crippen LogP contribution in [0.3, 0.4) is 0 Å². The van der Waals surface area contributed by atoms with Crippen LogP contribution in [0.25, 0.3) is 0 Å². The van der Waals surface area contributed by atoms with Gasteiger partial charge in [-0.05, 0) is 56.3 Å². The zero-order chi connectivity index (χ0) is 10.9. The number of ether oxygens (including phenoxy) is 2. The van der Waals surface area contributed by atoms with Gasteiger partial charge in [0.15, 0.2) is 6.29 Å². The maximum absolute atomic E-state index is 6.49. The maximum Gasteiger partial charge on any atom is 0.155 e. The molecule has 0 amide bonds. The second kappa shape index (κ2) is 3.01. The Morgan fingerprint density at radius 1 is 1.12 bits per heavy atom. The summed E-state index contributed by atoms with van der Waals surface area (Å²) in [5.41, 5.74) is 6.86. The molecule has 4 fully saturated rings. The summed E-state index contributed by atoms with van der Waals surface area (Å²) in [6.07, 6.45) is 7.11. The molecule has 4 aliphatic rings. The van der Waals surface area contributed by atoms with Gasteiger partial charge in [-0.2, -0.15) is 0 Å². The monoisotopic (exact) mass is 223 g/mol. The molecule has 0 aromatic rings. The Labute approximate surface area is 96.7 Å². The number of rotatable bonds is 0. The van der Waals surface area contributed by atoms with E-state index in [2.05, 4.69) is 0 Å². The lowest BCUT2D eigenvalue weighted by atomic mass is 9.68. The normalized spacial score (nSPS) is 63.4. The summed E-state index contributed by atoms with van der Waals surface area (Å²) in [5.74, 6) is 1.65. The van der Waals surface area contributed by atoms with Crippen molar-refractivity contribution in [2.75, 3.05) is 0 Å². The largest absolute Gasteiger partial charge is 0.347 e. The summed E-state index contributed by atoms with van der Waals surface area (Å²) in [5, 5.41) is 0. The molecule has 3 nitrogen and oxygen atoms in total. The van der Waals surface area contributed by atoms with Crippen molar-refractivity contribution < 1.29 is 9.47 Å². The van der Waals surface area contributed by atoms with E-state index in [1.165, 1.54) is 19.3 Å². The fourth-order valence-electron chi connectivity index (χ4n) is 5.10. The van der Waals surface area contributed by atoms with Gasteiger partial charge in [0.2, 0.25) is 0 Å². The molecule has 16 heavy (non-hydrogen) atoms. The molecule has 2 bridgehead atoms. The lowest BCUT2D eigenvalue weighted by Crippen LogP contribution is -2.45. The van der Waals surface area contributed by atoms with E-state index in [0.717, 1.165) is 24.7 Å². The third-order valence-electron chi connectivity index (χ3n) is 5.77. The molecule has 2 N–H and O–H groups in total. The van der Waals surface area contributed by atoms with Gasteiger partial charge in [-0.3, -0.25) is 0 Å². The first-order valence-electron chi connectivity index (χ1n) is 6.75. The van der Waals surface area contributed by atoms with E-state index in [0.29, 0.717) is 23.7 Å². The Morgan fingerprint density at radius 3 is 2.38 bits per heavy atom. The Morgan fingerprint density at radius 2 is 1.81 bits per heavy atom. The fraction of sp³-hybridized carbons (Fsp3) is 1.00. The van der Waals surface area contributed by atoms with Crippen LogP contribution in [0.4, 0.5) is 0 Å². The average molecular weight is 223 g/mol. The molecule has 4 rings (SSSR count). The number of nitrogens with two attached hydrogens (primary N) is 1. The molecule has 3 aliphatic carbocycles. The lowest BCUT2D eigenvalue weighted by Gasteiger charge is -2.39. The summed E-state index contributed by atoms with van der Waals surface area (Å²) in [7, 11) is 0. The van der Waals surface area contributed by atoms with Crippen LogP contribution in [0.2, 0.25) is 0 Å². The minimum absolute atomic E-state index is 0.00200. The van der Waals surface area contributed by atoms with Crippen molar-refractivity contribution in [3.05, 3.63) is 0 Å². The van der Waals surface area contributed by atoms with Crippen molar-refractivity contribution in [3.63, 3.8) is 0 Å². The van der Waals surface area contributed by atoms with Crippen molar-refractivity contribution in [2.45, 2.75) is 63.6 Å². The van der Waals surface area contributed by atoms with Crippen molar-refractivity contribution in [3.8, 4) is 0 Å². The van der Waals surface area contributed by atoms with E-state index in [-0.39, 0.29) is 6.29 Å². The highest BCUT2D eigenvalue weighted by atomic mass is 16.7. The van der Waals surface area contributed by atoms with Crippen LogP contribution in [0.5, 0.6) is 0 Å². The van der Waals surface area contributed by atoms with E-state index in [1.807, 2.05) is 6.92 Å². The van der Waals surface area contributed by atoms with E-state index >= 15 is 0 Å². The molecule has 3 heteroatoms. The Bertz CT molecular complexity index is 301. The predicted molar refractivity (Wildman–Crippen MR) is 59.7 cm³/mol. The molecular formula is C13H21NO2. The minimum atomic E-state index is 0.00200. The zero-order valence-corrected chi connectivity index (χ0v) is 9.89. The van der Waals surface area contributed by atoms with Gasteiger partial charge in [0, 0.05) is 6.04 Å². The molecule has 1 saturated heterocycles. The third-order valence-corrected chi connectivity index (χ3v) is 5.77. The summed E-state index contributed by atoms with van der Waals surface area (Å²) in [6.45, 7) is 2.01. The van der Waals surface area contributed by atoms with E-state index < -0.39 is 0 Å². The summed E-state index contributed by atoms with van der Waals surface area (Å²) >= 11 is 0. The van der Waals surface area contributed by atoms with Gasteiger partial charge in [0.1, 0.15) is 0 Å². The molecule has 0 aromatic carbocycles. The summed E-state index contributed by atoms with van der Waals surface area (Å²) in [6, 6.07) is 0.416. The molecule has 3 saturated carbocycles. The maximum atomic E-state index is 6.49. The minimum Gasteiger partial charge on any atom is -0.347 e. The van der Waals surface area contributed by atoms with Crippen LogP contribution in [-0.4, -0.2) is 24.5 Å². The quantitative estimate of drug-likeness (QED) is 0.679. The van der Waals surface area contributed by atoms with Gasteiger partial charge in [-0.15, -0.1) is 0 Å². The first-order chi connectivity index (χ1) is 7.69. The Kier molecular flexibility index (Phi) is 1.85. The van der Waals surface area contributed by atoms with Gasteiger partial charge < -0.3 is 15.2 Å². The second-order valence-electron chi connectivity index (χ2n) is 6.35. The highest BCUT2D eigenvalue weighted by molar-refractivity contribution is 5.14. The summed E-state index contributed by atoms with van der Waals surface area (Å²) < 4.78 is 11.7. The topological polar surface area (TPSA) is 44.5 Å². The van der Waals surface area contributed by atoms with Crippen LogP contribution >= 0.6 is 0 Å². The molecule has 3 unspecified atom stereocenters. The van der Waals surface area contributed by atoms with Crippen molar-refractivity contribution in [2.24, 2.45) is 23.0 Å². The standard InChI is InChI=1S/C13H21NO2/c1-7-15-10-5-13(6-11(10)16-7)9-3-2-8(4-9)12(13)14/h7-12H,2-6,14H2,1H3/t7?,8-,9+,10-,11?,12+,13?/m1/s1. The van der Waals surface area contributed by atoms with Gasteiger partial charge >= 0.3 is 0 Å². The SMILES string of the molecule is CC1OC2CC3(C[C@H]2O1)[C@H]1CC[C@H](C1)[C@@H]3N. The van der Waals surface area contributed by atoms with Gasteiger partial charge in [-0.25, -0.2) is 0 Å². The van der Waals surface area contributed by atoms with Crippen LogP contribution in [-0.2, 0) is 9.47 Å². The molecule has 0 aromatic heterocycles. The van der Waals surface area contributed by atoms with Gasteiger partial charge in [-0.1, -0.05) is 0 Å². The Hall–Kier alpha value is -0.120. The second-order valence-corrected chi connectivity index (χ2v) is 6.35. The molecule has 90 valence electrons. The summed E-state index contributed by atoms with van der Waals surface area (Å²) in [4.78, 5) is 0. The van der Waals surface area contributed by atoms with Crippen LogP contribution < -0.4 is 5.73 Å². The van der Waals surface area contributed by atoms with E-state index in [1.54, 1.807) is 0 Å².